The van der Waals surface area contributed by atoms with Crippen LogP contribution in [0.25, 0.3) is 21.8 Å². The van der Waals surface area contributed by atoms with E-state index in [0.29, 0.717) is 22.9 Å². The van der Waals surface area contributed by atoms with Gasteiger partial charge in [0.2, 0.25) is 5.88 Å². The van der Waals surface area contributed by atoms with E-state index in [9.17, 15) is 9.90 Å². The summed E-state index contributed by atoms with van der Waals surface area (Å²) in [4.78, 5) is 20.1. The van der Waals surface area contributed by atoms with Crippen molar-refractivity contribution in [1.29, 1.82) is 0 Å². The molecule has 0 saturated heterocycles. The molecule has 2 heterocycles. The fraction of sp³-hybridized carbons (Fsp3) is 0.100. The Bertz CT molecular complexity index is 1210. The summed E-state index contributed by atoms with van der Waals surface area (Å²) in [6.07, 6.45) is 0.708. The third-order valence-corrected chi connectivity index (χ3v) is 4.81. The number of azo groups is 1. The van der Waals surface area contributed by atoms with Gasteiger partial charge in [0.1, 0.15) is 0 Å². The zero-order chi connectivity index (χ0) is 19.0. The van der Waals surface area contributed by atoms with Gasteiger partial charge in [0.05, 0.1) is 16.6 Å². The highest BCUT2D eigenvalue weighted by Crippen LogP contribution is 2.37. The topological polar surface area (TPSA) is 90.7 Å². The molecule has 0 atom stereocenters. The minimum Gasteiger partial charge on any atom is -0.493 e. The Morgan fingerprint density at radius 3 is 2.81 bits per heavy atom. The molecule has 4 rings (SSSR count). The van der Waals surface area contributed by atoms with Crippen LogP contribution in [0.3, 0.4) is 0 Å². The van der Waals surface area contributed by atoms with Gasteiger partial charge in [-0.1, -0.05) is 41.1 Å². The van der Waals surface area contributed by atoms with E-state index >= 15 is 0 Å². The van der Waals surface area contributed by atoms with Gasteiger partial charge in [-0.15, -0.1) is 10.2 Å². The van der Waals surface area contributed by atoms with Crippen LogP contribution in [-0.2, 0) is 6.42 Å². The molecule has 27 heavy (non-hydrogen) atoms. The summed E-state index contributed by atoms with van der Waals surface area (Å²) < 4.78 is 0.837. The predicted octanol–water partition coefficient (Wildman–Crippen LogP) is 5.67. The fourth-order valence-electron chi connectivity index (χ4n) is 2.97. The van der Waals surface area contributed by atoms with E-state index in [1.165, 1.54) is 0 Å². The van der Waals surface area contributed by atoms with Crippen LogP contribution in [0.1, 0.15) is 23.0 Å². The van der Waals surface area contributed by atoms with Crippen LogP contribution >= 0.6 is 15.9 Å². The van der Waals surface area contributed by atoms with E-state index in [1.807, 2.05) is 43.3 Å². The molecule has 0 bridgehead atoms. The van der Waals surface area contributed by atoms with Crippen molar-refractivity contribution in [3.05, 3.63) is 64.3 Å². The first kappa shape index (κ1) is 17.4. The second kappa shape index (κ2) is 6.92. The number of rotatable bonds is 3. The van der Waals surface area contributed by atoms with Crippen LogP contribution < -0.4 is 0 Å². The smallest absolute Gasteiger partial charge is 0.296 e. The maximum atomic E-state index is 12.7. The van der Waals surface area contributed by atoms with Gasteiger partial charge < -0.3 is 10.1 Å². The average molecular weight is 423 g/mol. The Kier molecular flexibility index (Phi) is 4.45. The van der Waals surface area contributed by atoms with Crippen LogP contribution in [0.2, 0.25) is 0 Å². The normalized spacial score (nSPS) is 11.6. The number of aromatic amines is 1. The number of H-pyrrole nitrogens is 1. The Morgan fingerprint density at radius 2 is 2.00 bits per heavy atom. The number of halogens is 1. The van der Waals surface area contributed by atoms with Gasteiger partial charge in [0.25, 0.3) is 5.91 Å². The van der Waals surface area contributed by atoms with Gasteiger partial charge in [0, 0.05) is 20.9 Å². The van der Waals surface area contributed by atoms with Crippen molar-refractivity contribution in [2.24, 2.45) is 10.2 Å². The molecule has 0 aliphatic rings. The highest BCUT2D eigenvalue weighted by molar-refractivity contribution is 9.10. The maximum Gasteiger partial charge on any atom is 0.296 e. The summed E-state index contributed by atoms with van der Waals surface area (Å²) in [6, 6.07) is 14.6. The average Bonchev–Trinajstić information content (AvgIpc) is 2.99. The number of aromatic nitrogens is 2. The van der Waals surface area contributed by atoms with E-state index in [2.05, 4.69) is 36.1 Å². The van der Waals surface area contributed by atoms with Crippen LogP contribution in [0.5, 0.6) is 5.88 Å². The van der Waals surface area contributed by atoms with Crippen molar-refractivity contribution in [3.63, 3.8) is 0 Å². The summed E-state index contributed by atoms with van der Waals surface area (Å²) in [5, 5.41) is 19.4. The quantitative estimate of drug-likeness (QED) is 0.416. The highest BCUT2D eigenvalue weighted by Gasteiger charge is 2.14. The molecule has 134 valence electrons. The van der Waals surface area contributed by atoms with Gasteiger partial charge in [-0.05, 0) is 36.8 Å². The van der Waals surface area contributed by atoms with Crippen molar-refractivity contribution in [2.45, 2.75) is 13.3 Å². The maximum absolute atomic E-state index is 12.7. The first-order chi connectivity index (χ1) is 13.1. The first-order valence-electron chi connectivity index (χ1n) is 8.41. The summed E-state index contributed by atoms with van der Waals surface area (Å²) in [5.74, 6) is -0.611. The summed E-state index contributed by atoms with van der Waals surface area (Å²) >= 11 is 3.39. The van der Waals surface area contributed by atoms with Gasteiger partial charge in [0.15, 0.2) is 5.69 Å². The summed E-state index contributed by atoms with van der Waals surface area (Å²) in [5.41, 5.74) is 2.94. The largest absolute Gasteiger partial charge is 0.493 e. The number of benzene rings is 2. The highest BCUT2D eigenvalue weighted by atomic mass is 79.9. The minimum atomic E-state index is -0.480. The minimum absolute atomic E-state index is 0.131. The Morgan fingerprint density at radius 1 is 1.19 bits per heavy atom. The molecule has 0 aliphatic heterocycles. The van der Waals surface area contributed by atoms with Gasteiger partial charge in [-0.3, -0.25) is 9.78 Å². The van der Waals surface area contributed by atoms with Gasteiger partial charge in [-0.2, -0.15) is 0 Å². The zero-order valence-electron chi connectivity index (χ0n) is 14.4. The first-order valence-corrected chi connectivity index (χ1v) is 9.21. The molecular weight excluding hydrogens is 408 g/mol. The van der Waals surface area contributed by atoms with Crippen molar-refractivity contribution < 1.29 is 9.90 Å². The fourth-order valence-corrected chi connectivity index (χ4v) is 3.34. The van der Waals surface area contributed by atoms with E-state index < -0.39 is 5.91 Å². The summed E-state index contributed by atoms with van der Waals surface area (Å²) in [6.45, 7) is 1.98. The van der Waals surface area contributed by atoms with Crippen LogP contribution in [0.4, 0.5) is 5.69 Å². The lowest BCUT2D eigenvalue weighted by atomic mass is 10.1. The molecule has 6 nitrogen and oxygen atoms in total. The predicted molar refractivity (Wildman–Crippen MR) is 108 cm³/mol. The molecule has 2 N–H and O–H groups in total. The second-order valence-corrected chi connectivity index (χ2v) is 6.96. The number of hydrogen-bond donors (Lipinski definition) is 2. The SMILES string of the molecule is CCc1cc(C(=O)N=Nc2c(O)[nH]c3ccc(Br)cc23)c2ccccc2n1. The molecule has 2 aromatic carbocycles. The molecule has 0 fully saturated rings. The molecule has 0 saturated carbocycles. The Hall–Kier alpha value is -3.06. The Labute approximate surface area is 163 Å². The number of nitrogens with one attached hydrogen (secondary N) is 1. The van der Waals surface area contributed by atoms with Crippen molar-refractivity contribution in [2.75, 3.05) is 0 Å². The number of nitrogens with zero attached hydrogens (tertiary/aromatic N) is 3. The van der Waals surface area contributed by atoms with E-state index in [0.717, 1.165) is 21.1 Å². The number of pyridine rings is 1. The number of carbonyl (C=O) groups is 1. The number of aromatic hydroxyl groups is 1. The number of aryl methyl sites for hydroxylation is 1. The number of amides is 1. The van der Waals surface area contributed by atoms with Crippen LogP contribution in [0, 0.1) is 0 Å². The molecule has 1 amide bonds. The molecule has 0 aliphatic carbocycles. The standard InChI is InChI=1S/C20H15BrN4O2/c1-2-12-10-14(13-5-3-4-6-16(13)22-12)19(26)25-24-18-15-9-11(21)7-8-17(15)23-20(18)27/h3-10,23,27H,2H2,1H3. The number of hydrogen-bond acceptors (Lipinski definition) is 4. The monoisotopic (exact) mass is 422 g/mol. The molecule has 7 heteroatoms. The van der Waals surface area contributed by atoms with E-state index in [-0.39, 0.29) is 11.6 Å². The molecule has 0 spiro atoms. The number of carbonyl (C=O) groups excluding carboxylic acids is 1. The number of fused-ring (bicyclic) bond motifs is 2. The zero-order valence-corrected chi connectivity index (χ0v) is 16.0. The lowest BCUT2D eigenvalue weighted by Crippen LogP contribution is -2.00. The lowest BCUT2D eigenvalue weighted by molar-refractivity contribution is 0.0996. The Balaban J connectivity index is 1.78. The second-order valence-electron chi connectivity index (χ2n) is 6.05. The van der Waals surface area contributed by atoms with E-state index in [4.69, 9.17) is 0 Å². The lowest BCUT2D eigenvalue weighted by Gasteiger charge is -2.05. The van der Waals surface area contributed by atoms with Crippen molar-refractivity contribution >= 4 is 49.3 Å². The van der Waals surface area contributed by atoms with E-state index in [1.54, 1.807) is 12.1 Å². The molecule has 4 aromatic rings. The third kappa shape index (κ3) is 3.21. The molecule has 0 radical (unpaired) electrons. The van der Waals surface area contributed by atoms with Gasteiger partial charge in [-0.25, -0.2) is 0 Å². The molecule has 0 unspecified atom stereocenters. The van der Waals surface area contributed by atoms with Crippen LogP contribution in [0.15, 0.2) is 63.2 Å². The summed E-state index contributed by atoms with van der Waals surface area (Å²) in [7, 11) is 0. The van der Waals surface area contributed by atoms with Crippen molar-refractivity contribution in [1.82, 2.24) is 9.97 Å². The molecule has 2 aromatic heterocycles. The molecular formula is C20H15BrN4O2. The number of para-hydroxylation sites is 1. The van der Waals surface area contributed by atoms with Gasteiger partial charge >= 0.3 is 0 Å². The van der Waals surface area contributed by atoms with Crippen LogP contribution in [-0.4, -0.2) is 21.0 Å². The van der Waals surface area contributed by atoms with Crippen molar-refractivity contribution in [3.8, 4) is 5.88 Å². The third-order valence-electron chi connectivity index (χ3n) is 4.32.